The first kappa shape index (κ1) is 35.4. The molecule has 0 spiro atoms. The summed E-state index contributed by atoms with van der Waals surface area (Å²) in [5, 5.41) is 8.87. The van der Waals surface area contributed by atoms with Crippen molar-refractivity contribution >= 4 is 11.8 Å². The molecule has 0 aromatic rings. The number of hydrogen-bond acceptors (Lipinski definition) is 2. The zero-order valence-corrected chi connectivity index (χ0v) is 20.9. The summed E-state index contributed by atoms with van der Waals surface area (Å²) in [4.78, 5) is 21.9. The molecule has 1 N–H and O–H groups in total. The predicted octanol–water partition coefficient (Wildman–Crippen LogP) is 5.54. The van der Waals surface area contributed by atoms with Crippen LogP contribution in [0.4, 0.5) is 0 Å². The van der Waals surface area contributed by atoms with Gasteiger partial charge in [-0.1, -0.05) is 58.1 Å². The Balaban J connectivity index is -0.000000227. The van der Waals surface area contributed by atoms with E-state index in [-0.39, 0.29) is 49.9 Å². The maximum atomic E-state index is 11.1. The Morgan fingerprint density at radius 1 is 1.15 bits per heavy atom. The predicted molar refractivity (Wildman–Crippen MR) is 110 cm³/mol. The second-order valence-corrected chi connectivity index (χ2v) is 4.08. The molecule has 0 aliphatic rings. The number of terminal acetylenes is 1. The van der Waals surface area contributed by atoms with E-state index in [1.165, 1.54) is 12.2 Å². The Morgan fingerprint density at radius 3 is 1.96 bits per heavy atom. The third-order valence-electron chi connectivity index (χ3n) is 2.73. The molecule has 0 aliphatic carbocycles. The number of carbonyl (C=O) groups excluding carboxylic acids is 1. The molecule has 0 aliphatic heterocycles. The van der Waals surface area contributed by atoms with Crippen molar-refractivity contribution in [2.24, 2.45) is 0 Å². The van der Waals surface area contributed by atoms with Crippen molar-refractivity contribution in [3.63, 3.8) is 0 Å². The van der Waals surface area contributed by atoms with E-state index < -0.39 is 5.97 Å². The first-order valence-corrected chi connectivity index (χ1v) is 7.74. The summed E-state index contributed by atoms with van der Waals surface area (Å²) in [5.74, 6) is -1.22. The zero-order chi connectivity index (χ0) is 19.5. The van der Waals surface area contributed by atoms with Crippen molar-refractivity contribution < 1.29 is 45.8 Å². The minimum absolute atomic E-state index is 0. The fourth-order valence-electron chi connectivity index (χ4n) is 1.45. The van der Waals surface area contributed by atoms with Crippen LogP contribution in [-0.4, -0.2) is 16.9 Å². The number of ketones is 1. The van der Waals surface area contributed by atoms with Crippen LogP contribution in [0, 0.1) is 58.3 Å². The summed E-state index contributed by atoms with van der Waals surface area (Å²) in [6, 6.07) is 0. The summed E-state index contributed by atoms with van der Waals surface area (Å²) < 4.78 is 0. The van der Waals surface area contributed by atoms with Gasteiger partial charge < -0.3 is 17.3 Å². The van der Waals surface area contributed by atoms with Crippen LogP contribution in [0.15, 0.2) is 59.8 Å². The number of carboxylic acid groups (broad SMARTS) is 1. The summed E-state index contributed by atoms with van der Waals surface area (Å²) in [5.41, 5.74) is 1.78. The standard InChI is InChI=1S/C17H21O3.C2H6.C2H2.CH3.U/c1-5-14(11-12-16(7-3)17(19)20)9-8-10-15(6-2)13(4)18;2*1-2;;/h6-8,10-12H,3-5,9H2,1-2H3,(H,19,20);1-2H3;1-2H;1H3;/q-1;;;-1;+2/b10-8-,14-11+,15-6+,16-12+;;;;. The summed E-state index contributed by atoms with van der Waals surface area (Å²) in [7, 11) is 0. The number of carbonyl (C=O) groups is 2. The topological polar surface area (TPSA) is 54.4 Å². The molecular weight excluding hydrogens is 550 g/mol. The van der Waals surface area contributed by atoms with Crippen LogP contribution in [0.1, 0.15) is 40.5 Å². The van der Waals surface area contributed by atoms with Crippen LogP contribution in [0.2, 0.25) is 0 Å². The molecular formula is C22H32O3U. The number of aliphatic carboxylic acids is 1. The maximum absolute atomic E-state index is 11.1. The van der Waals surface area contributed by atoms with Gasteiger partial charge in [-0.3, -0.25) is 0 Å². The normalized spacial score (nSPS) is 10.8. The Kier molecular flexibility index (Phi) is 34.8. The van der Waals surface area contributed by atoms with Crippen LogP contribution < -0.4 is 0 Å². The molecule has 0 radical (unpaired) electrons. The van der Waals surface area contributed by atoms with Gasteiger partial charge in [-0.2, -0.15) is 13.0 Å². The van der Waals surface area contributed by atoms with Crippen LogP contribution in [0.25, 0.3) is 0 Å². The van der Waals surface area contributed by atoms with Crippen LogP contribution in [0.5, 0.6) is 0 Å². The molecule has 0 unspecified atom stereocenters. The van der Waals surface area contributed by atoms with Crippen LogP contribution in [0.3, 0.4) is 0 Å². The summed E-state index contributed by atoms with van der Waals surface area (Å²) in [6.07, 6.45) is 19.4. The van der Waals surface area contributed by atoms with E-state index in [1.807, 2.05) is 26.8 Å². The third-order valence-corrected chi connectivity index (χ3v) is 2.73. The molecule has 0 bridgehead atoms. The molecule has 0 saturated heterocycles. The second-order valence-electron chi connectivity index (χ2n) is 4.08. The minimum atomic E-state index is -0.999. The molecule has 0 rings (SSSR count). The van der Waals surface area contributed by atoms with Gasteiger partial charge in [-0.05, 0) is 18.9 Å². The average molecular weight is 583 g/mol. The van der Waals surface area contributed by atoms with E-state index >= 15 is 0 Å². The monoisotopic (exact) mass is 582 g/mol. The first-order valence-electron chi connectivity index (χ1n) is 7.74. The molecule has 0 amide bonds. The van der Waals surface area contributed by atoms with Gasteiger partial charge >= 0.3 is 37.1 Å². The number of hydrogen-bond donors (Lipinski definition) is 1. The van der Waals surface area contributed by atoms with Gasteiger partial charge in [0.15, 0.2) is 0 Å². The number of Topliss-reactive ketones (excluding diaryl/α,β-unsaturated/α-hetero) is 1. The van der Waals surface area contributed by atoms with Crippen molar-refractivity contribution in [3.8, 4) is 12.8 Å². The SMILES string of the molecule is C#C.C=C/C(=C\C=C(/CC)C/C=C\C(=C/C)C([CH2-])=O)C(=O)O.CC.[CH3-].[U+2]. The second kappa shape index (κ2) is 25.6. The number of carboxylic acids is 1. The van der Waals surface area contributed by atoms with E-state index in [0.717, 1.165) is 12.0 Å². The molecule has 0 saturated carbocycles. The van der Waals surface area contributed by atoms with Gasteiger partial charge in [-0.15, -0.1) is 24.5 Å². The van der Waals surface area contributed by atoms with Gasteiger partial charge in [0.25, 0.3) is 0 Å². The summed E-state index contributed by atoms with van der Waals surface area (Å²) in [6.45, 7) is 14.6. The molecule has 0 atom stereocenters. The number of rotatable bonds is 8. The fraction of sp³-hybridized carbons (Fsp3) is 0.273. The Bertz CT molecular complexity index is 533. The van der Waals surface area contributed by atoms with Crippen molar-refractivity contribution in [1.29, 1.82) is 0 Å². The quantitative estimate of drug-likeness (QED) is 0.177. The van der Waals surface area contributed by atoms with Gasteiger partial charge in [0, 0.05) is 5.78 Å². The van der Waals surface area contributed by atoms with E-state index in [0.29, 0.717) is 12.0 Å². The van der Waals surface area contributed by atoms with Gasteiger partial charge in [-0.25, -0.2) is 4.79 Å². The number of allylic oxidation sites excluding steroid dienone is 7. The Hall–Kier alpha value is -1.68. The molecule has 4 heteroatoms. The van der Waals surface area contributed by atoms with Crippen LogP contribution in [-0.2, 0) is 9.59 Å². The Labute approximate surface area is 184 Å². The van der Waals surface area contributed by atoms with Crippen LogP contribution >= 0.6 is 0 Å². The molecule has 0 aromatic carbocycles. The zero-order valence-electron chi connectivity index (χ0n) is 16.7. The Morgan fingerprint density at radius 2 is 1.65 bits per heavy atom. The first-order chi connectivity index (χ1) is 11.5. The van der Waals surface area contributed by atoms with Crippen molar-refractivity contribution in [3.05, 3.63) is 74.1 Å². The largest absolute Gasteiger partial charge is 2.00 e. The minimum Gasteiger partial charge on any atom is -0.478 e. The maximum Gasteiger partial charge on any atom is 2.00 e. The van der Waals surface area contributed by atoms with Crippen molar-refractivity contribution in [2.75, 3.05) is 0 Å². The summed E-state index contributed by atoms with van der Waals surface area (Å²) >= 11 is 0. The van der Waals surface area contributed by atoms with Gasteiger partial charge in [0.1, 0.15) is 0 Å². The van der Waals surface area contributed by atoms with Gasteiger partial charge in [0.2, 0.25) is 0 Å². The van der Waals surface area contributed by atoms with E-state index in [2.05, 4.69) is 26.3 Å². The van der Waals surface area contributed by atoms with E-state index in [1.54, 1.807) is 25.2 Å². The van der Waals surface area contributed by atoms with E-state index in [9.17, 15) is 9.59 Å². The van der Waals surface area contributed by atoms with Crippen molar-refractivity contribution in [1.82, 2.24) is 0 Å². The molecule has 142 valence electrons. The average Bonchev–Trinajstić information content (AvgIpc) is 2.60. The third kappa shape index (κ3) is 18.7. The van der Waals surface area contributed by atoms with E-state index in [4.69, 9.17) is 5.11 Å². The molecule has 0 fully saturated rings. The smallest absolute Gasteiger partial charge is 0.478 e. The fourth-order valence-corrected chi connectivity index (χ4v) is 1.45. The van der Waals surface area contributed by atoms with Crippen molar-refractivity contribution in [2.45, 2.75) is 40.5 Å². The molecule has 0 heterocycles. The molecule has 0 aromatic heterocycles. The molecule has 3 nitrogen and oxygen atoms in total. The van der Waals surface area contributed by atoms with Gasteiger partial charge in [0.05, 0.1) is 5.57 Å². The molecule has 26 heavy (non-hydrogen) atoms.